The number of pyridine rings is 1. The van der Waals surface area contributed by atoms with Gasteiger partial charge in [-0.2, -0.15) is 0 Å². The lowest BCUT2D eigenvalue weighted by Crippen LogP contribution is -1.89. The lowest BCUT2D eigenvalue weighted by Gasteiger charge is -1.95. The minimum atomic E-state index is -0.400. The van der Waals surface area contributed by atoms with Crippen molar-refractivity contribution in [1.29, 1.82) is 0 Å². The molecule has 0 atom stereocenters. The second-order valence-corrected chi connectivity index (χ2v) is 2.37. The monoisotopic (exact) mass is 160 g/mol. The van der Waals surface area contributed by atoms with Gasteiger partial charge >= 0.3 is 0 Å². The molecule has 0 aliphatic heterocycles. The molecular formula is C9H5FN2. The predicted molar refractivity (Wildman–Crippen MR) is 43.1 cm³/mol. The zero-order chi connectivity index (χ0) is 8.55. The molecule has 0 amide bonds. The zero-order valence-corrected chi connectivity index (χ0v) is 6.16. The van der Waals surface area contributed by atoms with E-state index in [9.17, 15) is 4.39 Å². The van der Waals surface area contributed by atoms with Crippen molar-refractivity contribution in [1.82, 2.24) is 9.38 Å². The smallest absolute Gasteiger partial charge is 0.155 e. The molecule has 0 aliphatic carbocycles. The van der Waals surface area contributed by atoms with Crippen molar-refractivity contribution in [2.45, 2.75) is 0 Å². The van der Waals surface area contributed by atoms with E-state index in [2.05, 4.69) is 10.9 Å². The fourth-order valence-electron chi connectivity index (χ4n) is 1.05. The Hall–Kier alpha value is -1.82. The van der Waals surface area contributed by atoms with Gasteiger partial charge in [0.25, 0.3) is 0 Å². The van der Waals surface area contributed by atoms with Gasteiger partial charge in [0.05, 0.1) is 5.56 Å². The highest BCUT2D eigenvalue weighted by atomic mass is 19.1. The average Bonchev–Trinajstić information content (AvgIpc) is 2.49. The van der Waals surface area contributed by atoms with Gasteiger partial charge in [0.15, 0.2) is 5.82 Å². The fourth-order valence-corrected chi connectivity index (χ4v) is 1.05. The van der Waals surface area contributed by atoms with E-state index < -0.39 is 5.82 Å². The van der Waals surface area contributed by atoms with Crippen LogP contribution in [-0.2, 0) is 0 Å². The third kappa shape index (κ3) is 0.857. The first-order chi connectivity index (χ1) is 5.81. The van der Waals surface area contributed by atoms with Gasteiger partial charge in [-0.1, -0.05) is 5.92 Å². The Bertz CT molecular complexity index is 465. The summed E-state index contributed by atoms with van der Waals surface area (Å²) in [6.45, 7) is 0. The highest BCUT2D eigenvalue weighted by Crippen LogP contribution is 2.08. The minimum absolute atomic E-state index is 0.244. The van der Waals surface area contributed by atoms with E-state index in [4.69, 9.17) is 6.42 Å². The number of halogens is 1. The topological polar surface area (TPSA) is 17.3 Å². The number of hydrogen-bond donors (Lipinski definition) is 0. The molecule has 0 aliphatic rings. The summed E-state index contributed by atoms with van der Waals surface area (Å²) in [7, 11) is 0. The van der Waals surface area contributed by atoms with Gasteiger partial charge in [-0.3, -0.25) is 0 Å². The van der Waals surface area contributed by atoms with Crippen LogP contribution in [0.1, 0.15) is 5.56 Å². The van der Waals surface area contributed by atoms with Crippen molar-refractivity contribution < 1.29 is 4.39 Å². The van der Waals surface area contributed by atoms with Crippen molar-refractivity contribution in [2.75, 3.05) is 0 Å². The van der Waals surface area contributed by atoms with Gasteiger partial charge in [-0.15, -0.1) is 6.42 Å². The summed E-state index contributed by atoms with van der Waals surface area (Å²) in [5.74, 6) is 1.85. The zero-order valence-electron chi connectivity index (χ0n) is 6.16. The minimum Gasteiger partial charge on any atom is -0.304 e. The highest BCUT2D eigenvalue weighted by molar-refractivity contribution is 5.47. The lowest BCUT2D eigenvalue weighted by atomic mass is 10.2. The van der Waals surface area contributed by atoms with Crippen LogP contribution in [0.5, 0.6) is 0 Å². The SMILES string of the molecule is C#Cc1cc2nccn2cc1F. The molecule has 0 saturated heterocycles. The van der Waals surface area contributed by atoms with Crippen LogP contribution in [0.4, 0.5) is 4.39 Å². The van der Waals surface area contributed by atoms with Crippen molar-refractivity contribution >= 4 is 5.65 Å². The normalized spacial score (nSPS) is 10.0. The number of aromatic nitrogens is 2. The maximum absolute atomic E-state index is 13.0. The number of nitrogens with zero attached hydrogens (tertiary/aromatic N) is 2. The molecule has 2 aromatic heterocycles. The van der Waals surface area contributed by atoms with Crippen LogP contribution in [0.25, 0.3) is 5.65 Å². The molecule has 3 heteroatoms. The van der Waals surface area contributed by atoms with Crippen LogP contribution >= 0.6 is 0 Å². The van der Waals surface area contributed by atoms with Crippen LogP contribution in [0, 0.1) is 18.2 Å². The van der Waals surface area contributed by atoms with E-state index in [1.165, 1.54) is 12.3 Å². The molecule has 2 aromatic rings. The third-order valence-corrected chi connectivity index (χ3v) is 1.64. The molecule has 0 fully saturated rings. The molecule has 0 bridgehead atoms. The summed E-state index contributed by atoms with van der Waals surface area (Å²) >= 11 is 0. The van der Waals surface area contributed by atoms with E-state index in [0.717, 1.165) is 0 Å². The molecule has 0 N–H and O–H groups in total. The van der Waals surface area contributed by atoms with Gasteiger partial charge in [0.2, 0.25) is 0 Å². The maximum atomic E-state index is 13.0. The van der Waals surface area contributed by atoms with Crippen LogP contribution in [-0.4, -0.2) is 9.38 Å². The van der Waals surface area contributed by atoms with Gasteiger partial charge in [-0.25, -0.2) is 9.37 Å². The average molecular weight is 160 g/mol. The Morgan fingerprint density at radius 1 is 1.58 bits per heavy atom. The van der Waals surface area contributed by atoms with Gasteiger partial charge < -0.3 is 4.40 Å². The Morgan fingerprint density at radius 3 is 3.17 bits per heavy atom. The largest absolute Gasteiger partial charge is 0.304 e. The van der Waals surface area contributed by atoms with Crippen LogP contribution in [0.2, 0.25) is 0 Å². The molecule has 12 heavy (non-hydrogen) atoms. The first kappa shape index (κ1) is 6.86. The van der Waals surface area contributed by atoms with Crippen molar-refractivity contribution in [3.8, 4) is 12.3 Å². The third-order valence-electron chi connectivity index (χ3n) is 1.64. The summed E-state index contributed by atoms with van der Waals surface area (Å²) in [6.07, 6.45) is 9.66. The molecular weight excluding hydrogens is 155 g/mol. The summed E-state index contributed by atoms with van der Waals surface area (Å²) in [5.41, 5.74) is 0.901. The van der Waals surface area contributed by atoms with E-state index >= 15 is 0 Å². The molecule has 58 valence electrons. The lowest BCUT2D eigenvalue weighted by molar-refractivity contribution is 0.616. The number of terminal acetylenes is 1. The second-order valence-electron chi connectivity index (χ2n) is 2.37. The highest BCUT2D eigenvalue weighted by Gasteiger charge is 2.01. The summed E-state index contributed by atoms with van der Waals surface area (Å²) in [6, 6.07) is 1.54. The Kier molecular flexibility index (Phi) is 1.34. The molecule has 0 aromatic carbocycles. The molecule has 0 unspecified atom stereocenters. The summed E-state index contributed by atoms with van der Waals surface area (Å²) in [5, 5.41) is 0. The first-order valence-corrected chi connectivity index (χ1v) is 3.40. The van der Waals surface area contributed by atoms with Crippen molar-refractivity contribution in [2.24, 2.45) is 0 Å². The molecule has 0 radical (unpaired) electrons. The Balaban J connectivity index is 2.84. The van der Waals surface area contributed by atoms with Crippen molar-refractivity contribution in [3.63, 3.8) is 0 Å². The molecule has 0 saturated carbocycles. The van der Waals surface area contributed by atoms with Crippen LogP contribution in [0.3, 0.4) is 0 Å². The van der Waals surface area contributed by atoms with E-state index in [1.807, 2.05) is 0 Å². The Labute approximate surface area is 68.7 Å². The van der Waals surface area contributed by atoms with Crippen LogP contribution < -0.4 is 0 Å². The molecule has 2 nitrogen and oxygen atoms in total. The Morgan fingerprint density at radius 2 is 2.42 bits per heavy atom. The maximum Gasteiger partial charge on any atom is 0.155 e. The summed E-state index contributed by atoms with van der Waals surface area (Å²) < 4.78 is 14.6. The van der Waals surface area contributed by atoms with Gasteiger partial charge in [0.1, 0.15) is 5.65 Å². The number of fused-ring (bicyclic) bond motifs is 1. The molecule has 2 heterocycles. The van der Waals surface area contributed by atoms with E-state index in [0.29, 0.717) is 5.65 Å². The molecule has 0 spiro atoms. The second kappa shape index (κ2) is 2.35. The van der Waals surface area contributed by atoms with E-state index in [1.54, 1.807) is 16.8 Å². The van der Waals surface area contributed by atoms with Crippen molar-refractivity contribution in [3.05, 3.63) is 36.0 Å². The van der Waals surface area contributed by atoms with E-state index in [-0.39, 0.29) is 5.56 Å². The van der Waals surface area contributed by atoms with Crippen LogP contribution in [0.15, 0.2) is 24.7 Å². The first-order valence-electron chi connectivity index (χ1n) is 3.40. The van der Waals surface area contributed by atoms with Gasteiger partial charge in [0, 0.05) is 18.6 Å². The quantitative estimate of drug-likeness (QED) is 0.533. The summed E-state index contributed by atoms with van der Waals surface area (Å²) in [4.78, 5) is 3.97. The predicted octanol–water partition coefficient (Wildman–Crippen LogP) is 1.45. The number of hydrogen-bond acceptors (Lipinski definition) is 1. The number of rotatable bonds is 0. The standard InChI is InChI=1S/C9H5FN2/c1-2-7-5-9-11-3-4-12(9)6-8(7)10/h1,3-6H. The van der Waals surface area contributed by atoms with Gasteiger partial charge in [-0.05, 0) is 6.07 Å². The molecule has 2 rings (SSSR count). The number of imidazole rings is 1. The fraction of sp³-hybridized carbons (Fsp3) is 0.